The van der Waals surface area contributed by atoms with Gasteiger partial charge in [0.25, 0.3) is 11.8 Å². The van der Waals surface area contributed by atoms with Gasteiger partial charge in [-0.2, -0.15) is 5.10 Å². The van der Waals surface area contributed by atoms with Gasteiger partial charge in [0, 0.05) is 50.0 Å². The number of piperidine rings is 1. The highest BCUT2D eigenvalue weighted by molar-refractivity contribution is 6.09. The van der Waals surface area contributed by atoms with Crippen molar-refractivity contribution in [1.29, 1.82) is 0 Å². The number of anilines is 2. The number of carbonyl (C=O) groups is 3. The van der Waals surface area contributed by atoms with Gasteiger partial charge in [0.05, 0.1) is 21.0 Å². The average molecular weight is 478 g/mol. The third kappa shape index (κ3) is 3.68. The fraction of sp³-hybridized carbons (Fsp3) is 0.280. The molecule has 0 bridgehead atoms. The molecule has 34 heavy (non-hydrogen) atoms. The number of carbonyl (C=O) groups excluding carboxylic acids is 3. The topological polar surface area (TPSA) is 111 Å². The molecule has 0 unspecified atom stereocenters. The molecule has 1 aromatic heterocycles. The first-order chi connectivity index (χ1) is 23.6. The van der Waals surface area contributed by atoms with Gasteiger partial charge in [-0.25, -0.2) is 4.68 Å². The first kappa shape index (κ1) is 9.25. The van der Waals surface area contributed by atoms with Crippen LogP contribution in [-0.4, -0.2) is 47.6 Å². The predicted molar refractivity (Wildman–Crippen MR) is 127 cm³/mol. The van der Waals surface area contributed by atoms with Crippen LogP contribution in [0.25, 0.3) is 5.69 Å². The van der Waals surface area contributed by atoms with Crippen molar-refractivity contribution in [2.24, 2.45) is 5.72 Å². The zero-order chi connectivity index (χ0) is 39.6. The maximum atomic E-state index is 14.4. The fourth-order valence-electron chi connectivity index (χ4n) is 3.18. The van der Waals surface area contributed by atoms with Crippen LogP contribution in [0.4, 0.5) is 11.4 Å². The van der Waals surface area contributed by atoms with E-state index < -0.39 is 119 Å². The molecule has 174 valence electrons. The van der Waals surface area contributed by atoms with Crippen molar-refractivity contribution in [2.75, 3.05) is 29.9 Å². The molecule has 5 rings (SSSR count). The number of nitrogens with zero attached hydrogens (tertiary/aromatic N) is 4. The minimum absolute atomic E-state index is 0.0756. The van der Waals surface area contributed by atoms with Gasteiger partial charge >= 0.3 is 0 Å². The standard InChI is InChI=1S/C25H25N5O4/c1-34-19-11-9-18(10-12-19)30-23-20(22(27-30)24(26)32)13-15-29(25(23)33)17-7-5-16(6-8-17)28-14-3-2-4-21(28)31/h5-12H,2-4,13-15H2,1H3,(H2,26,32)/i2D2,3D2,4D2,5D,6D,7D,8D,13D2,14D2,15D2/hD2. The molecule has 3 amide bonds. The minimum Gasteiger partial charge on any atom is -0.497 e. The number of nitrogens with two attached hydrogens (primary N) is 1. The number of fused-ring (bicyclic) bond motifs is 1. The van der Waals surface area contributed by atoms with Crippen LogP contribution >= 0.6 is 0 Å². The molecule has 3 heterocycles. The molecule has 0 radical (unpaired) electrons. The molecule has 9 heteroatoms. The lowest BCUT2D eigenvalue weighted by Crippen LogP contribution is -2.39. The van der Waals surface area contributed by atoms with Gasteiger partial charge in [-0.1, -0.05) is 0 Å². The van der Waals surface area contributed by atoms with E-state index in [1.165, 1.54) is 31.4 Å². The summed E-state index contributed by atoms with van der Waals surface area (Å²) in [5.41, 5.74) is -6.28. The van der Waals surface area contributed by atoms with Gasteiger partial charge in [0.15, 0.2) is 8.52 Å². The summed E-state index contributed by atoms with van der Waals surface area (Å²) in [6.07, 6.45) is -15.1. The third-order valence-electron chi connectivity index (χ3n) is 4.75. The smallest absolute Gasteiger partial charge is 0.277 e. The lowest BCUT2D eigenvalue weighted by atomic mass is 10.0. The van der Waals surface area contributed by atoms with E-state index in [-0.39, 0.29) is 10.6 Å². The summed E-state index contributed by atoms with van der Waals surface area (Å²) in [6.45, 7) is -7.63. The number of amides is 3. The van der Waals surface area contributed by atoms with Crippen LogP contribution in [0.15, 0.2) is 48.4 Å². The Morgan fingerprint density at radius 3 is 2.41 bits per heavy atom. The Balaban J connectivity index is 1.82. The Kier molecular flexibility index (Phi) is 2.36. The summed E-state index contributed by atoms with van der Waals surface area (Å²) in [6, 6.07) is -0.492. The summed E-state index contributed by atoms with van der Waals surface area (Å²) in [4.78, 5) is 40.1. The van der Waals surface area contributed by atoms with Crippen molar-refractivity contribution in [3.63, 3.8) is 0 Å². The third-order valence-corrected chi connectivity index (χ3v) is 4.75. The zero-order valence-electron chi connectivity index (χ0n) is 35.2. The van der Waals surface area contributed by atoms with E-state index in [9.17, 15) is 14.4 Å². The van der Waals surface area contributed by atoms with Crippen molar-refractivity contribution in [2.45, 2.75) is 25.5 Å². The quantitative estimate of drug-likeness (QED) is 0.607. The van der Waals surface area contributed by atoms with E-state index in [1.54, 1.807) is 0 Å². The zero-order valence-corrected chi connectivity index (χ0v) is 17.2. The summed E-state index contributed by atoms with van der Waals surface area (Å²) in [7, 11) is 1.33. The molecular formula is C25H25N5O4. The number of methoxy groups -OCH3 is 1. The molecule has 3 aromatic rings. The van der Waals surface area contributed by atoms with E-state index in [2.05, 4.69) is 5.10 Å². The highest BCUT2D eigenvalue weighted by atomic mass is 16.5. The average Bonchev–Trinajstić information content (AvgIpc) is 3.47. The second-order valence-corrected chi connectivity index (χ2v) is 6.69. The van der Waals surface area contributed by atoms with E-state index in [0.717, 1.165) is 0 Å². The van der Waals surface area contributed by atoms with Crippen LogP contribution in [0.5, 0.6) is 5.75 Å². The van der Waals surface area contributed by atoms with Crippen LogP contribution in [-0.2, 0) is 11.2 Å². The summed E-state index contributed by atoms with van der Waals surface area (Å²) in [5.74, 6) is -5.06. The highest BCUT2D eigenvalue weighted by Gasteiger charge is 2.34. The molecule has 0 aliphatic carbocycles. The Bertz CT molecular complexity index is 2020. The summed E-state index contributed by atoms with van der Waals surface area (Å²) in [5, 5.41) is 3.93. The number of rotatable bonds is 5. The lowest BCUT2D eigenvalue weighted by molar-refractivity contribution is -0.119. The molecule has 9 nitrogen and oxygen atoms in total. The summed E-state index contributed by atoms with van der Waals surface area (Å²) >= 11 is 0. The molecular weight excluding hydrogens is 434 g/mol. The molecule has 2 N–H and O–H groups in total. The Labute approximate surface area is 222 Å². The fourth-order valence-corrected chi connectivity index (χ4v) is 3.18. The second kappa shape index (κ2) is 8.66. The van der Waals surface area contributed by atoms with Crippen LogP contribution in [0, 0.1) is 0 Å². The van der Waals surface area contributed by atoms with Crippen molar-refractivity contribution >= 4 is 29.1 Å². The molecule has 0 atom stereocenters. The van der Waals surface area contributed by atoms with E-state index in [1.807, 2.05) is 0 Å². The van der Waals surface area contributed by atoms with E-state index >= 15 is 0 Å². The van der Waals surface area contributed by atoms with Crippen LogP contribution in [0.2, 0.25) is 2.82 Å². The molecule has 2 aromatic carbocycles. The maximum Gasteiger partial charge on any atom is 0.277 e. The Morgan fingerprint density at radius 1 is 1.03 bits per heavy atom. The summed E-state index contributed by atoms with van der Waals surface area (Å²) < 4.78 is 156. The number of ether oxygens (including phenoxy) is 1. The lowest BCUT2D eigenvalue weighted by Gasteiger charge is -2.29. The number of benzene rings is 2. The number of aromatic nitrogens is 2. The van der Waals surface area contributed by atoms with Crippen molar-refractivity contribution in [3.05, 3.63) is 65.4 Å². The Hall–Kier alpha value is -4.14. The maximum absolute atomic E-state index is 14.4. The normalized spacial score (nSPS) is 32.4. The Morgan fingerprint density at radius 2 is 1.74 bits per heavy atom. The molecule has 0 spiro atoms. The van der Waals surface area contributed by atoms with Crippen LogP contribution < -0.4 is 20.3 Å². The second-order valence-electron chi connectivity index (χ2n) is 6.69. The number of primary amides is 1. The van der Waals surface area contributed by atoms with Gasteiger partial charge < -0.3 is 20.3 Å². The van der Waals surface area contributed by atoms with Gasteiger partial charge in [0.1, 0.15) is 11.4 Å². The molecule has 2 aliphatic rings. The van der Waals surface area contributed by atoms with Gasteiger partial charge in [0.2, 0.25) is 5.91 Å². The first-order valence-electron chi connectivity index (χ1n) is 18.4. The van der Waals surface area contributed by atoms with Crippen molar-refractivity contribution < 1.29 is 43.9 Å². The molecule has 0 saturated carbocycles. The van der Waals surface area contributed by atoms with Crippen LogP contribution in [0.1, 0.15) is 67.6 Å². The van der Waals surface area contributed by atoms with E-state index in [0.29, 0.717) is 10.4 Å². The molecule has 2 aliphatic heterocycles. The minimum atomic E-state index is -3.89. The van der Waals surface area contributed by atoms with Gasteiger partial charge in [-0.3, -0.25) is 14.4 Å². The van der Waals surface area contributed by atoms with Gasteiger partial charge in [-0.15, -0.1) is 0 Å². The molecule has 1 fully saturated rings. The monoisotopic (exact) mass is 477 g/mol. The molecule has 1 saturated heterocycles. The predicted octanol–water partition coefficient (Wildman–Crippen LogP) is 2.70. The SMILES string of the molecule is [2H]c1c([2H])c(N2C(=O)C([2H])([2H])C([2H])([2H])C([2H])([2H])C2([2H])[2H])c([2H])c([2H])c1N1C(=O)c2c(c(C(=O)N([2H])[2H])nn2-c2ccc(OC)cc2)C([2H])([2H])C1([2H])[2H]. The van der Waals surface area contributed by atoms with E-state index in [4.69, 9.17) is 29.5 Å². The van der Waals surface area contributed by atoms with Crippen molar-refractivity contribution in [3.8, 4) is 11.4 Å². The highest BCUT2D eigenvalue weighted by Crippen LogP contribution is 2.31. The number of hydrogen-bond donors (Lipinski definition) is 1. The number of hydrogen-bond acceptors (Lipinski definition) is 5. The van der Waals surface area contributed by atoms with Crippen molar-refractivity contribution in [1.82, 2.24) is 9.78 Å². The van der Waals surface area contributed by atoms with Gasteiger partial charge in [-0.05, 0) is 67.6 Å². The largest absolute Gasteiger partial charge is 0.497 e. The van der Waals surface area contributed by atoms with Crippen LogP contribution in [0.3, 0.4) is 0 Å². The first-order valence-corrected chi connectivity index (χ1v) is 9.48.